The Bertz CT molecular complexity index is 836. The van der Waals surface area contributed by atoms with E-state index in [4.69, 9.17) is 4.42 Å². The number of rotatable bonds is 4. The second-order valence-electron chi connectivity index (χ2n) is 6.97. The molecule has 1 aliphatic rings. The Morgan fingerprint density at radius 3 is 2.14 bits per heavy atom. The van der Waals surface area contributed by atoms with Gasteiger partial charge < -0.3 is 14.1 Å². The highest BCUT2D eigenvalue weighted by atomic mass is 19.4. The van der Waals surface area contributed by atoms with Gasteiger partial charge >= 0.3 is 6.36 Å². The van der Waals surface area contributed by atoms with Gasteiger partial charge in [0.25, 0.3) is 5.91 Å². The van der Waals surface area contributed by atoms with Crippen LogP contribution < -0.4 is 4.74 Å². The van der Waals surface area contributed by atoms with Crippen molar-refractivity contribution in [2.45, 2.75) is 33.7 Å². The minimum Gasteiger partial charge on any atom is -0.466 e. The van der Waals surface area contributed by atoms with Crippen LogP contribution in [0.4, 0.5) is 13.2 Å². The molecule has 1 aromatic heterocycles. The number of halogens is 3. The van der Waals surface area contributed by atoms with Gasteiger partial charge in [-0.05, 0) is 38.5 Å². The van der Waals surface area contributed by atoms with Gasteiger partial charge in [0, 0.05) is 38.3 Å². The highest BCUT2D eigenvalue weighted by Crippen LogP contribution is 2.24. The highest BCUT2D eigenvalue weighted by molar-refractivity contribution is 5.97. The van der Waals surface area contributed by atoms with Gasteiger partial charge in [0.1, 0.15) is 17.3 Å². The molecule has 2 aromatic rings. The van der Waals surface area contributed by atoms with E-state index in [0.717, 1.165) is 16.9 Å². The first-order chi connectivity index (χ1) is 13.1. The molecule has 1 aromatic carbocycles. The summed E-state index contributed by atoms with van der Waals surface area (Å²) >= 11 is 0. The average Bonchev–Trinajstić information content (AvgIpc) is 2.87. The fraction of sp³-hybridized carbons (Fsp3) is 0.450. The van der Waals surface area contributed by atoms with Crippen molar-refractivity contribution in [2.75, 3.05) is 26.2 Å². The van der Waals surface area contributed by atoms with Crippen molar-refractivity contribution < 1.29 is 27.1 Å². The minimum atomic E-state index is -4.69. The quantitative estimate of drug-likeness (QED) is 0.782. The standard InChI is InChI=1S/C20H23F3N2O3/c1-13-14(2)27-15(3)18(13)19(26)25-10-8-24(9-11-25)12-16-4-6-17(7-5-16)28-20(21,22)23/h4-7H,8-12H2,1-3H3. The van der Waals surface area contributed by atoms with Gasteiger partial charge in [0.2, 0.25) is 0 Å². The van der Waals surface area contributed by atoms with E-state index >= 15 is 0 Å². The Kier molecular flexibility index (Phi) is 5.69. The van der Waals surface area contributed by atoms with Crippen LogP contribution in [-0.2, 0) is 6.54 Å². The zero-order valence-electron chi connectivity index (χ0n) is 16.1. The minimum absolute atomic E-state index is 0.0137. The van der Waals surface area contributed by atoms with E-state index < -0.39 is 6.36 Å². The number of nitrogens with zero attached hydrogens (tertiary/aromatic N) is 2. The molecule has 3 rings (SSSR count). The Balaban J connectivity index is 1.55. The Hall–Kier alpha value is -2.48. The molecule has 0 bridgehead atoms. The molecule has 2 heterocycles. The number of ether oxygens (including phenoxy) is 1. The van der Waals surface area contributed by atoms with Crippen molar-refractivity contribution in [3.05, 3.63) is 52.5 Å². The van der Waals surface area contributed by atoms with Gasteiger partial charge in [-0.1, -0.05) is 12.1 Å². The van der Waals surface area contributed by atoms with E-state index in [2.05, 4.69) is 9.64 Å². The zero-order chi connectivity index (χ0) is 20.5. The average molecular weight is 396 g/mol. The van der Waals surface area contributed by atoms with Crippen LogP contribution in [0.3, 0.4) is 0 Å². The van der Waals surface area contributed by atoms with Gasteiger partial charge in [0.05, 0.1) is 5.56 Å². The van der Waals surface area contributed by atoms with Gasteiger partial charge in [-0.15, -0.1) is 13.2 Å². The molecule has 28 heavy (non-hydrogen) atoms. The van der Waals surface area contributed by atoms with Crippen molar-refractivity contribution in [1.29, 1.82) is 0 Å². The summed E-state index contributed by atoms with van der Waals surface area (Å²) in [4.78, 5) is 16.8. The first kappa shape index (κ1) is 20.3. The summed E-state index contributed by atoms with van der Waals surface area (Å²) in [6.07, 6.45) is -4.69. The number of benzene rings is 1. The first-order valence-electron chi connectivity index (χ1n) is 9.07. The van der Waals surface area contributed by atoms with Crippen LogP contribution in [0.5, 0.6) is 5.75 Å². The molecule has 0 unspecified atom stereocenters. The Morgan fingerprint density at radius 2 is 1.64 bits per heavy atom. The summed E-state index contributed by atoms with van der Waals surface area (Å²) in [5.74, 6) is 1.16. The Morgan fingerprint density at radius 1 is 1.04 bits per heavy atom. The van der Waals surface area contributed by atoms with E-state index in [-0.39, 0.29) is 11.7 Å². The van der Waals surface area contributed by atoms with Gasteiger partial charge in [-0.25, -0.2) is 0 Å². The first-order valence-corrected chi connectivity index (χ1v) is 9.07. The van der Waals surface area contributed by atoms with E-state index in [1.54, 1.807) is 19.1 Å². The molecule has 1 aliphatic heterocycles. The molecule has 0 radical (unpaired) electrons. The number of piperazine rings is 1. The number of alkyl halides is 3. The van der Waals surface area contributed by atoms with Gasteiger partial charge in [0.15, 0.2) is 0 Å². The predicted octanol–water partition coefficient (Wildman–Crippen LogP) is 4.06. The summed E-state index contributed by atoms with van der Waals surface area (Å²) in [5.41, 5.74) is 2.42. The van der Waals surface area contributed by atoms with Gasteiger partial charge in [-0.2, -0.15) is 0 Å². The van der Waals surface area contributed by atoms with Crippen LogP contribution in [0.15, 0.2) is 28.7 Å². The second kappa shape index (κ2) is 7.87. The van der Waals surface area contributed by atoms with Crippen LogP contribution in [-0.4, -0.2) is 48.2 Å². The van der Waals surface area contributed by atoms with E-state index in [0.29, 0.717) is 44.0 Å². The molecular weight excluding hydrogens is 373 g/mol. The molecule has 0 spiro atoms. The maximum Gasteiger partial charge on any atom is 0.573 e. The third kappa shape index (κ3) is 4.67. The molecule has 0 N–H and O–H groups in total. The number of amides is 1. The van der Waals surface area contributed by atoms with Crippen LogP contribution in [0.25, 0.3) is 0 Å². The van der Waals surface area contributed by atoms with E-state index in [9.17, 15) is 18.0 Å². The molecule has 1 amide bonds. The third-order valence-electron chi connectivity index (χ3n) is 5.00. The lowest BCUT2D eigenvalue weighted by Gasteiger charge is -2.34. The molecular formula is C20H23F3N2O3. The van der Waals surface area contributed by atoms with Crippen molar-refractivity contribution in [2.24, 2.45) is 0 Å². The fourth-order valence-electron chi connectivity index (χ4n) is 3.43. The summed E-state index contributed by atoms with van der Waals surface area (Å²) in [6, 6.07) is 5.88. The maximum atomic E-state index is 12.8. The fourth-order valence-corrected chi connectivity index (χ4v) is 3.43. The SMILES string of the molecule is Cc1oc(C)c(C(=O)N2CCN(Cc3ccc(OC(F)(F)F)cc3)CC2)c1C. The van der Waals surface area contributed by atoms with Crippen molar-refractivity contribution in [1.82, 2.24) is 9.80 Å². The van der Waals surface area contributed by atoms with Crippen LogP contribution in [0, 0.1) is 20.8 Å². The number of furan rings is 1. The van der Waals surface area contributed by atoms with Crippen LogP contribution >= 0.6 is 0 Å². The summed E-state index contributed by atoms with van der Waals surface area (Å²) in [6.45, 7) is 8.73. The monoisotopic (exact) mass is 396 g/mol. The lowest BCUT2D eigenvalue weighted by molar-refractivity contribution is -0.274. The molecule has 0 aliphatic carbocycles. The molecule has 1 fully saturated rings. The topological polar surface area (TPSA) is 45.9 Å². The van der Waals surface area contributed by atoms with Crippen LogP contribution in [0.2, 0.25) is 0 Å². The molecule has 0 saturated carbocycles. The largest absolute Gasteiger partial charge is 0.573 e. The van der Waals surface area contributed by atoms with Crippen molar-refractivity contribution in [3.8, 4) is 5.75 Å². The maximum absolute atomic E-state index is 12.8. The van der Waals surface area contributed by atoms with Crippen molar-refractivity contribution in [3.63, 3.8) is 0 Å². The molecule has 8 heteroatoms. The van der Waals surface area contributed by atoms with Crippen LogP contribution in [0.1, 0.15) is 33.0 Å². The number of carbonyl (C=O) groups is 1. The number of carbonyl (C=O) groups excluding carboxylic acids is 1. The highest BCUT2D eigenvalue weighted by Gasteiger charge is 2.31. The van der Waals surface area contributed by atoms with E-state index in [1.165, 1.54) is 12.1 Å². The molecule has 0 atom stereocenters. The summed E-state index contributed by atoms with van der Waals surface area (Å²) < 4.78 is 46.1. The molecule has 152 valence electrons. The lowest BCUT2D eigenvalue weighted by atomic mass is 10.1. The van der Waals surface area contributed by atoms with Gasteiger partial charge in [-0.3, -0.25) is 9.69 Å². The zero-order valence-corrected chi connectivity index (χ0v) is 16.1. The van der Waals surface area contributed by atoms with Crippen molar-refractivity contribution >= 4 is 5.91 Å². The third-order valence-corrected chi connectivity index (χ3v) is 5.00. The number of hydrogen-bond donors (Lipinski definition) is 0. The molecule has 5 nitrogen and oxygen atoms in total. The second-order valence-corrected chi connectivity index (χ2v) is 6.97. The number of aryl methyl sites for hydroxylation is 2. The predicted molar refractivity (Wildman–Crippen MR) is 97.2 cm³/mol. The Labute approximate surface area is 161 Å². The van der Waals surface area contributed by atoms with E-state index in [1.807, 2.05) is 18.7 Å². The molecule has 1 saturated heterocycles. The summed E-state index contributed by atoms with van der Waals surface area (Å²) in [7, 11) is 0. The smallest absolute Gasteiger partial charge is 0.466 e. The normalized spacial score (nSPS) is 15.7. The summed E-state index contributed by atoms with van der Waals surface area (Å²) in [5, 5.41) is 0. The number of hydrogen-bond acceptors (Lipinski definition) is 4. The lowest BCUT2D eigenvalue weighted by Crippen LogP contribution is -2.48.